The lowest BCUT2D eigenvalue weighted by Crippen LogP contribution is -2.21. The highest BCUT2D eigenvalue weighted by Gasteiger charge is 2.29. The first kappa shape index (κ1) is 27.0. The zero-order valence-electron chi connectivity index (χ0n) is 21.5. The summed E-state index contributed by atoms with van der Waals surface area (Å²) in [6.07, 6.45) is 0. The van der Waals surface area contributed by atoms with E-state index in [1.165, 1.54) is 13.8 Å². The van der Waals surface area contributed by atoms with E-state index in [2.05, 4.69) is 23.7 Å². The maximum absolute atomic E-state index is 13.3. The lowest BCUT2D eigenvalue weighted by molar-refractivity contribution is -0.109. The summed E-state index contributed by atoms with van der Waals surface area (Å²) in [5.41, 5.74) is 4.16. The van der Waals surface area contributed by atoms with Gasteiger partial charge in [0.1, 0.15) is 0 Å². The maximum atomic E-state index is 13.3. The van der Waals surface area contributed by atoms with Gasteiger partial charge in [0.25, 0.3) is 0 Å². The van der Waals surface area contributed by atoms with Crippen LogP contribution in [0.25, 0.3) is 0 Å². The van der Waals surface area contributed by atoms with Crippen molar-refractivity contribution in [2.24, 2.45) is 0 Å². The van der Waals surface area contributed by atoms with Gasteiger partial charge in [0.05, 0.1) is 0 Å². The number of carbonyl (C=O) groups is 4. The summed E-state index contributed by atoms with van der Waals surface area (Å²) in [6.45, 7) is 3.04. The Balaban J connectivity index is 1.36. The standard InChI is InChI=1S/C34H20O4S2/c1-21(35)39-27-13-7-23(8-14-27)3-5-25-11-17-29-31(19-25)33(37)30-18-12-26(20-32(30)34(29)38)6-4-24-9-15-28(16-10-24)40-22(2)36/h7-20H,1-2H3. The predicted octanol–water partition coefficient (Wildman–Crippen LogP) is 6.54. The van der Waals surface area contributed by atoms with Gasteiger partial charge in [0, 0.05) is 68.1 Å². The van der Waals surface area contributed by atoms with Crippen molar-refractivity contribution in [1.82, 2.24) is 0 Å². The van der Waals surface area contributed by atoms with Gasteiger partial charge in [-0.2, -0.15) is 0 Å². The Morgan fingerprint density at radius 1 is 0.475 bits per heavy atom. The molecule has 0 aromatic heterocycles. The van der Waals surface area contributed by atoms with Gasteiger partial charge in [-0.3, -0.25) is 19.2 Å². The molecule has 0 aliphatic heterocycles. The number of ketones is 2. The van der Waals surface area contributed by atoms with Crippen LogP contribution in [0, 0.1) is 23.7 Å². The molecular formula is C34H20O4S2. The van der Waals surface area contributed by atoms with Crippen molar-refractivity contribution >= 4 is 45.3 Å². The second-order valence-corrected chi connectivity index (χ2v) is 11.4. The molecule has 0 saturated carbocycles. The van der Waals surface area contributed by atoms with Crippen LogP contribution in [0.3, 0.4) is 0 Å². The Morgan fingerprint density at radius 3 is 1.15 bits per heavy atom. The molecule has 4 aromatic carbocycles. The number of hydrogen-bond donors (Lipinski definition) is 0. The molecule has 0 fully saturated rings. The monoisotopic (exact) mass is 556 g/mol. The van der Waals surface area contributed by atoms with E-state index in [9.17, 15) is 19.2 Å². The second kappa shape index (κ2) is 11.6. The molecule has 40 heavy (non-hydrogen) atoms. The molecule has 5 rings (SSSR count). The molecule has 1 aliphatic carbocycles. The molecule has 192 valence electrons. The van der Waals surface area contributed by atoms with E-state index in [4.69, 9.17) is 0 Å². The largest absolute Gasteiger partial charge is 0.289 e. The first-order chi connectivity index (χ1) is 19.3. The number of fused-ring (bicyclic) bond motifs is 2. The van der Waals surface area contributed by atoms with Crippen LogP contribution in [0.1, 0.15) is 67.9 Å². The van der Waals surface area contributed by atoms with E-state index in [1.807, 2.05) is 48.5 Å². The summed E-state index contributed by atoms with van der Waals surface area (Å²) in [4.78, 5) is 50.8. The molecule has 1 aliphatic rings. The average molecular weight is 557 g/mol. The summed E-state index contributed by atoms with van der Waals surface area (Å²) < 4.78 is 0. The molecule has 0 saturated heterocycles. The lowest BCUT2D eigenvalue weighted by Gasteiger charge is -2.17. The Hall–Kier alpha value is -4.62. The van der Waals surface area contributed by atoms with Gasteiger partial charge in [-0.1, -0.05) is 47.2 Å². The average Bonchev–Trinajstić information content (AvgIpc) is 2.94. The molecule has 0 bridgehead atoms. The van der Waals surface area contributed by atoms with Crippen LogP contribution >= 0.6 is 23.5 Å². The SMILES string of the molecule is CC(=O)Sc1ccc(C#Cc2ccc3c(c2)C(=O)c2ccc(C#Cc4ccc(SC(C)=O)cc4)cc2C3=O)cc1. The van der Waals surface area contributed by atoms with Crippen molar-refractivity contribution in [3.63, 3.8) is 0 Å². The van der Waals surface area contributed by atoms with E-state index in [-0.39, 0.29) is 21.8 Å². The Bertz CT molecular complexity index is 1690. The van der Waals surface area contributed by atoms with E-state index in [0.29, 0.717) is 33.4 Å². The summed E-state index contributed by atoms with van der Waals surface area (Å²) in [6, 6.07) is 24.8. The molecular weight excluding hydrogens is 537 g/mol. The highest BCUT2D eigenvalue weighted by molar-refractivity contribution is 8.13. The fourth-order valence-corrected chi connectivity index (χ4v) is 5.35. The molecule has 0 atom stereocenters. The third-order valence-corrected chi connectivity index (χ3v) is 7.54. The quantitative estimate of drug-likeness (QED) is 0.182. The van der Waals surface area contributed by atoms with Gasteiger partial charge >= 0.3 is 0 Å². The third kappa shape index (κ3) is 6.16. The first-order valence-electron chi connectivity index (χ1n) is 12.3. The minimum Gasteiger partial charge on any atom is -0.289 e. The van der Waals surface area contributed by atoms with Crippen LogP contribution < -0.4 is 0 Å². The minimum atomic E-state index is -0.225. The topological polar surface area (TPSA) is 68.3 Å². The molecule has 0 amide bonds. The van der Waals surface area contributed by atoms with Crippen LogP contribution in [0.4, 0.5) is 0 Å². The van der Waals surface area contributed by atoms with E-state index in [0.717, 1.165) is 44.4 Å². The van der Waals surface area contributed by atoms with Crippen LogP contribution in [0.15, 0.2) is 94.7 Å². The van der Waals surface area contributed by atoms with Gasteiger partial charge in [-0.05, 0) is 84.9 Å². The van der Waals surface area contributed by atoms with Crippen molar-refractivity contribution in [2.45, 2.75) is 23.6 Å². The minimum absolute atomic E-state index is 0.0191. The third-order valence-electron chi connectivity index (χ3n) is 5.95. The molecule has 4 nitrogen and oxygen atoms in total. The molecule has 6 heteroatoms. The van der Waals surface area contributed by atoms with Gasteiger partial charge < -0.3 is 0 Å². The number of carbonyl (C=O) groups excluding carboxylic acids is 4. The van der Waals surface area contributed by atoms with Gasteiger partial charge in [0.15, 0.2) is 21.8 Å². The summed E-state index contributed by atoms with van der Waals surface area (Å²) in [5, 5.41) is 0.0382. The Labute approximate surface area is 240 Å². The highest BCUT2D eigenvalue weighted by atomic mass is 32.2. The number of hydrogen-bond acceptors (Lipinski definition) is 6. The summed E-state index contributed by atoms with van der Waals surface area (Å²) in [5.74, 6) is 11.8. The molecule has 0 N–H and O–H groups in total. The normalized spacial score (nSPS) is 11.3. The molecule has 0 unspecified atom stereocenters. The van der Waals surface area contributed by atoms with Crippen molar-refractivity contribution in [2.75, 3.05) is 0 Å². The fraction of sp³-hybridized carbons (Fsp3) is 0.0588. The zero-order chi connectivity index (χ0) is 28.2. The van der Waals surface area contributed by atoms with Crippen LogP contribution in [-0.4, -0.2) is 21.8 Å². The lowest BCUT2D eigenvalue weighted by atomic mass is 9.82. The predicted molar refractivity (Wildman–Crippen MR) is 158 cm³/mol. The number of rotatable bonds is 2. The van der Waals surface area contributed by atoms with E-state index < -0.39 is 0 Å². The second-order valence-electron chi connectivity index (χ2n) is 8.92. The van der Waals surface area contributed by atoms with E-state index >= 15 is 0 Å². The van der Waals surface area contributed by atoms with Crippen molar-refractivity contribution in [1.29, 1.82) is 0 Å². The fourth-order valence-electron chi connectivity index (χ4n) is 4.14. The van der Waals surface area contributed by atoms with Crippen molar-refractivity contribution < 1.29 is 19.2 Å². The molecule has 4 aromatic rings. The number of thioether (sulfide) groups is 2. The van der Waals surface area contributed by atoms with Crippen LogP contribution in [0.2, 0.25) is 0 Å². The van der Waals surface area contributed by atoms with Gasteiger partial charge in [-0.25, -0.2) is 0 Å². The molecule has 0 radical (unpaired) electrons. The Kier molecular flexibility index (Phi) is 7.84. The van der Waals surface area contributed by atoms with E-state index in [1.54, 1.807) is 36.4 Å². The molecule has 0 heterocycles. The number of benzene rings is 4. The summed E-state index contributed by atoms with van der Waals surface area (Å²) in [7, 11) is 0. The van der Waals surface area contributed by atoms with Gasteiger partial charge in [0.2, 0.25) is 0 Å². The maximum Gasteiger partial charge on any atom is 0.194 e. The van der Waals surface area contributed by atoms with Gasteiger partial charge in [-0.15, -0.1) is 0 Å². The summed E-state index contributed by atoms with van der Waals surface area (Å²) >= 11 is 2.32. The van der Waals surface area contributed by atoms with Crippen molar-refractivity contribution in [3.05, 3.63) is 129 Å². The van der Waals surface area contributed by atoms with Crippen LogP contribution in [-0.2, 0) is 9.59 Å². The van der Waals surface area contributed by atoms with Crippen molar-refractivity contribution in [3.8, 4) is 23.7 Å². The Morgan fingerprint density at radius 2 is 0.800 bits per heavy atom. The molecule has 0 spiro atoms. The smallest absolute Gasteiger partial charge is 0.194 e. The first-order valence-corrected chi connectivity index (χ1v) is 13.9. The highest BCUT2D eigenvalue weighted by Crippen LogP contribution is 2.29. The van der Waals surface area contributed by atoms with Crippen LogP contribution in [0.5, 0.6) is 0 Å². The zero-order valence-corrected chi connectivity index (χ0v) is 23.2.